The minimum Gasteiger partial charge on any atom is -0.478 e. The molecule has 0 bridgehead atoms. The van der Waals surface area contributed by atoms with Crippen LogP contribution in [0.15, 0.2) is 59.4 Å². The van der Waals surface area contributed by atoms with Crippen LogP contribution in [0.4, 0.5) is 5.82 Å². The number of aromatic nitrogens is 4. The Bertz CT molecular complexity index is 1210. The summed E-state index contributed by atoms with van der Waals surface area (Å²) in [4.78, 5) is 25.9. The number of hydrogen-bond acceptors (Lipinski definition) is 8. The molecule has 0 unspecified atom stereocenters. The third kappa shape index (κ3) is 4.12. The van der Waals surface area contributed by atoms with Crippen molar-refractivity contribution in [2.45, 2.75) is 13.5 Å². The number of aryl methyl sites for hydroxylation is 1. The molecule has 9 nitrogen and oxygen atoms in total. The van der Waals surface area contributed by atoms with Crippen LogP contribution in [0.2, 0.25) is 0 Å². The van der Waals surface area contributed by atoms with Crippen LogP contribution >= 0.6 is 0 Å². The molecule has 31 heavy (non-hydrogen) atoms. The van der Waals surface area contributed by atoms with Gasteiger partial charge in [0.15, 0.2) is 5.82 Å². The molecule has 3 aromatic heterocycles. The molecule has 0 aliphatic carbocycles. The maximum Gasteiger partial charge on any atom is 0.262 e. The van der Waals surface area contributed by atoms with Crippen LogP contribution in [0.5, 0.6) is 5.88 Å². The van der Waals surface area contributed by atoms with Crippen molar-refractivity contribution in [2.24, 2.45) is 0 Å². The second kappa shape index (κ2) is 8.72. The van der Waals surface area contributed by atoms with Crippen LogP contribution in [-0.2, 0) is 6.61 Å². The Balaban J connectivity index is 1.63. The molecule has 0 saturated carbocycles. The van der Waals surface area contributed by atoms with Gasteiger partial charge in [-0.05, 0) is 19.1 Å². The number of hydrogen-bond donors (Lipinski definition) is 2. The predicted molar refractivity (Wildman–Crippen MR) is 112 cm³/mol. The zero-order chi connectivity index (χ0) is 21.8. The van der Waals surface area contributed by atoms with Gasteiger partial charge in [-0.2, -0.15) is 0 Å². The number of amides is 1. The van der Waals surface area contributed by atoms with Crippen molar-refractivity contribution in [1.82, 2.24) is 20.1 Å². The fourth-order valence-electron chi connectivity index (χ4n) is 3.01. The first kappa shape index (κ1) is 20.2. The number of nitrogens with zero attached hydrogens (tertiary/aromatic N) is 4. The summed E-state index contributed by atoms with van der Waals surface area (Å²) < 4.78 is 10.6. The van der Waals surface area contributed by atoms with E-state index < -0.39 is 5.91 Å². The topological polar surface area (TPSA) is 123 Å². The molecular formula is C22H19N5O4. The van der Waals surface area contributed by atoms with Gasteiger partial charge in [-0.25, -0.2) is 9.97 Å². The number of pyridine rings is 1. The van der Waals surface area contributed by atoms with E-state index in [0.717, 1.165) is 5.56 Å². The van der Waals surface area contributed by atoms with E-state index in [1.807, 2.05) is 30.3 Å². The lowest BCUT2D eigenvalue weighted by atomic mass is 10.1. The van der Waals surface area contributed by atoms with E-state index in [-0.39, 0.29) is 18.3 Å². The van der Waals surface area contributed by atoms with Gasteiger partial charge in [-0.15, -0.1) is 0 Å². The van der Waals surface area contributed by atoms with E-state index in [2.05, 4.69) is 25.4 Å². The zero-order valence-electron chi connectivity index (χ0n) is 16.9. The highest BCUT2D eigenvalue weighted by Crippen LogP contribution is 2.28. The van der Waals surface area contributed by atoms with Crippen LogP contribution in [0.25, 0.3) is 22.5 Å². The summed E-state index contributed by atoms with van der Waals surface area (Å²) in [5.41, 5.74) is 3.26. The highest BCUT2D eigenvalue weighted by atomic mass is 16.5. The Morgan fingerprint density at radius 2 is 1.90 bits per heavy atom. The van der Waals surface area contributed by atoms with E-state index in [4.69, 9.17) is 14.4 Å². The minimum atomic E-state index is -0.438. The third-order valence-corrected chi connectivity index (χ3v) is 4.59. The van der Waals surface area contributed by atoms with Gasteiger partial charge in [-0.1, -0.05) is 35.5 Å². The lowest BCUT2D eigenvalue weighted by Crippen LogP contribution is -2.16. The fraction of sp³-hybridized carbons (Fsp3) is 0.136. The standard InChI is InChI=1S/C22H19N5O4/c1-13-18(19(27-31-13)14-6-4-3-5-7-14)21(29)26-20-22(30-2)25-17(11-24-20)15-8-9-16(12-28)23-10-15/h3-11,28H,12H2,1-2H3,(H,24,26,29). The largest absolute Gasteiger partial charge is 0.478 e. The average molecular weight is 417 g/mol. The smallest absolute Gasteiger partial charge is 0.262 e. The summed E-state index contributed by atoms with van der Waals surface area (Å²) in [5.74, 6) is 0.255. The Labute approximate surface area is 177 Å². The number of anilines is 1. The normalized spacial score (nSPS) is 10.7. The first-order valence-corrected chi connectivity index (χ1v) is 9.41. The molecule has 0 radical (unpaired) electrons. The Morgan fingerprint density at radius 1 is 1.10 bits per heavy atom. The monoisotopic (exact) mass is 417 g/mol. The molecule has 2 N–H and O–H groups in total. The lowest BCUT2D eigenvalue weighted by molar-refractivity contribution is 0.102. The first-order chi connectivity index (χ1) is 15.1. The molecule has 0 spiro atoms. The van der Waals surface area contributed by atoms with Crippen LogP contribution in [0, 0.1) is 6.92 Å². The predicted octanol–water partition coefficient (Wildman–Crippen LogP) is 3.26. The number of benzene rings is 1. The van der Waals surface area contributed by atoms with Gasteiger partial charge in [0.1, 0.15) is 17.0 Å². The van der Waals surface area contributed by atoms with Crippen molar-refractivity contribution in [1.29, 1.82) is 0 Å². The van der Waals surface area contributed by atoms with E-state index in [1.54, 1.807) is 25.3 Å². The number of ether oxygens (including phenoxy) is 1. The lowest BCUT2D eigenvalue weighted by Gasteiger charge is -2.10. The molecule has 9 heteroatoms. The Kier molecular flexibility index (Phi) is 5.67. The average Bonchev–Trinajstić information content (AvgIpc) is 3.21. The summed E-state index contributed by atoms with van der Waals surface area (Å²) in [6, 6.07) is 12.8. The van der Waals surface area contributed by atoms with E-state index in [1.165, 1.54) is 13.3 Å². The van der Waals surface area contributed by atoms with Crippen molar-refractivity contribution in [3.63, 3.8) is 0 Å². The SMILES string of the molecule is COc1nc(-c2ccc(CO)nc2)cnc1NC(=O)c1c(-c2ccccc2)noc1C. The van der Waals surface area contributed by atoms with E-state index in [0.29, 0.717) is 34.0 Å². The summed E-state index contributed by atoms with van der Waals surface area (Å²) >= 11 is 0. The number of methoxy groups -OCH3 is 1. The van der Waals surface area contributed by atoms with E-state index >= 15 is 0 Å². The Morgan fingerprint density at radius 3 is 2.58 bits per heavy atom. The number of nitrogens with one attached hydrogen (secondary N) is 1. The van der Waals surface area contributed by atoms with Crippen molar-refractivity contribution in [3.8, 4) is 28.4 Å². The quantitative estimate of drug-likeness (QED) is 0.490. The molecule has 0 fully saturated rings. The molecule has 1 aromatic carbocycles. The number of aliphatic hydroxyl groups is 1. The molecule has 1 amide bonds. The van der Waals surface area contributed by atoms with Gasteiger partial charge in [0.05, 0.1) is 31.3 Å². The highest BCUT2D eigenvalue weighted by molar-refractivity contribution is 6.08. The van der Waals surface area contributed by atoms with Gasteiger partial charge in [0.25, 0.3) is 11.8 Å². The maximum atomic E-state index is 13.0. The van der Waals surface area contributed by atoms with Crippen LogP contribution in [0.1, 0.15) is 21.8 Å². The number of aliphatic hydroxyl groups excluding tert-OH is 1. The molecule has 3 heterocycles. The summed E-state index contributed by atoms with van der Waals surface area (Å²) in [6.45, 7) is 1.52. The van der Waals surface area contributed by atoms with Gasteiger partial charge in [-0.3, -0.25) is 9.78 Å². The Hall–Kier alpha value is -4.11. The van der Waals surface area contributed by atoms with Crippen molar-refractivity contribution in [2.75, 3.05) is 12.4 Å². The van der Waals surface area contributed by atoms with Gasteiger partial charge >= 0.3 is 0 Å². The highest BCUT2D eigenvalue weighted by Gasteiger charge is 2.23. The fourth-order valence-corrected chi connectivity index (χ4v) is 3.01. The molecule has 4 aromatic rings. The third-order valence-electron chi connectivity index (χ3n) is 4.59. The second-order valence-corrected chi connectivity index (χ2v) is 6.59. The van der Waals surface area contributed by atoms with Crippen molar-refractivity contribution >= 4 is 11.7 Å². The minimum absolute atomic E-state index is 0.145. The van der Waals surface area contributed by atoms with Crippen LogP contribution < -0.4 is 10.1 Å². The summed E-state index contributed by atoms with van der Waals surface area (Å²) in [7, 11) is 1.44. The molecule has 0 saturated heterocycles. The summed E-state index contributed by atoms with van der Waals surface area (Å²) in [5, 5.41) is 15.9. The van der Waals surface area contributed by atoms with Crippen LogP contribution in [-0.4, -0.2) is 38.2 Å². The molecule has 0 aliphatic heterocycles. The number of carbonyl (C=O) groups is 1. The van der Waals surface area contributed by atoms with E-state index in [9.17, 15) is 4.79 Å². The van der Waals surface area contributed by atoms with Crippen molar-refractivity contribution in [3.05, 3.63) is 71.9 Å². The molecule has 0 atom stereocenters. The molecular weight excluding hydrogens is 398 g/mol. The molecule has 156 valence electrons. The second-order valence-electron chi connectivity index (χ2n) is 6.59. The van der Waals surface area contributed by atoms with Gasteiger partial charge in [0.2, 0.25) is 0 Å². The number of rotatable bonds is 6. The summed E-state index contributed by atoms with van der Waals surface area (Å²) in [6.07, 6.45) is 3.09. The molecule has 4 rings (SSSR count). The number of carbonyl (C=O) groups excluding carboxylic acids is 1. The van der Waals surface area contributed by atoms with Crippen LogP contribution in [0.3, 0.4) is 0 Å². The van der Waals surface area contributed by atoms with Crippen molar-refractivity contribution < 1.29 is 19.2 Å². The van der Waals surface area contributed by atoms with Gasteiger partial charge in [0, 0.05) is 17.3 Å². The van der Waals surface area contributed by atoms with Gasteiger partial charge < -0.3 is 19.7 Å². The first-order valence-electron chi connectivity index (χ1n) is 9.41. The zero-order valence-corrected chi connectivity index (χ0v) is 16.9. The molecule has 0 aliphatic rings. The maximum absolute atomic E-state index is 13.0.